The van der Waals surface area contributed by atoms with E-state index in [9.17, 15) is 45.6 Å². The Bertz CT molecular complexity index is 2080. The standard InChI is InChI=1S/C82H141NO13/c1-3-5-7-9-11-13-15-17-19-21-23-25-27-29-31-33-34-35-36-38-39-41-43-45-47-49-51-53-55-57-59-61-63-65-71(86)70(69-93-81-79(92)77(90)80(73(68-85)95-81)96-82-78(91)76(89)75(88)72(67-84)94-82)83-74(87)66-64-62-60-58-56-54-52-50-48-46-44-42-40-37-32-30-28-26-24-22-20-18-16-14-12-10-8-6-4-2/h6,8,12,14,18,20,24,26,30,32,40,42,46-49,55,57,63,65,70-73,75-82,84-86,88-92H,3-5,7,9-11,13,15-17,19,21-23,25,27-29,31,33-39,41,43-45,50-54,56,58-62,64,66-69H2,1-2H3,(H,83,87)/b8-6-,14-12-,20-18-,26-24-,32-30-,42-40-,48-46-,49-47+,57-55+,65-63+. The van der Waals surface area contributed by atoms with Gasteiger partial charge in [-0.15, -0.1) is 0 Å². The summed E-state index contributed by atoms with van der Waals surface area (Å²) in [7, 11) is 0. The minimum Gasteiger partial charge on any atom is -0.394 e. The molecule has 2 rings (SSSR count). The van der Waals surface area contributed by atoms with Crippen LogP contribution in [0.15, 0.2) is 122 Å². The largest absolute Gasteiger partial charge is 0.394 e. The number of rotatable bonds is 63. The maximum absolute atomic E-state index is 13.4. The molecular weight excluding hydrogens is 1210 g/mol. The summed E-state index contributed by atoms with van der Waals surface area (Å²) in [5.74, 6) is -0.267. The van der Waals surface area contributed by atoms with E-state index in [4.69, 9.17) is 18.9 Å². The molecule has 96 heavy (non-hydrogen) atoms. The van der Waals surface area contributed by atoms with Crippen LogP contribution in [0.1, 0.15) is 296 Å². The minimum absolute atomic E-state index is 0.249. The van der Waals surface area contributed by atoms with Gasteiger partial charge in [-0.2, -0.15) is 0 Å². The smallest absolute Gasteiger partial charge is 0.220 e. The van der Waals surface area contributed by atoms with Gasteiger partial charge in [-0.05, 0) is 103 Å². The van der Waals surface area contributed by atoms with Crippen LogP contribution in [-0.4, -0.2) is 140 Å². The molecule has 9 N–H and O–H groups in total. The number of ether oxygens (including phenoxy) is 4. The molecule has 1 amide bonds. The van der Waals surface area contributed by atoms with Crippen LogP contribution in [0.2, 0.25) is 0 Å². The van der Waals surface area contributed by atoms with Gasteiger partial charge in [0.05, 0.1) is 32.0 Å². The van der Waals surface area contributed by atoms with Crippen LogP contribution in [0.5, 0.6) is 0 Å². The number of allylic oxidation sites excluding steroid dienone is 19. The lowest BCUT2D eigenvalue weighted by atomic mass is 9.97. The van der Waals surface area contributed by atoms with E-state index in [-0.39, 0.29) is 18.9 Å². The van der Waals surface area contributed by atoms with Crippen molar-refractivity contribution in [2.75, 3.05) is 19.8 Å². The molecule has 2 aliphatic heterocycles. The van der Waals surface area contributed by atoms with Crippen molar-refractivity contribution < 1.29 is 64.6 Å². The van der Waals surface area contributed by atoms with Gasteiger partial charge in [0.15, 0.2) is 12.6 Å². The van der Waals surface area contributed by atoms with Crippen LogP contribution in [0.25, 0.3) is 0 Å². The van der Waals surface area contributed by atoms with E-state index in [1.54, 1.807) is 6.08 Å². The fourth-order valence-electron chi connectivity index (χ4n) is 12.0. The number of amides is 1. The third-order valence-electron chi connectivity index (χ3n) is 18.1. The zero-order valence-electron chi connectivity index (χ0n) is 60.3. The summed E-state index contributed by atoms with van der Waals surface area (Å²) in [6.07, 6.45) is 78.4. The Kier molecular flexibility index (Phi) is 59.7. The molecule has 0 spiro atoms. The monoisotopic (exact) mass is 1350 g/mol. The molecule has 0 aromatic rings. The van der Waals surface area contributed by atoms with Crippen molar-refractivity contribution in [2.24, 2.45) is 0 Å². The molecule has 2 fully saturated rings. The lowest BCUT2D eigenvalue weighted by molar-refractivity contribution is -0.359. The quantitative estimate of drug-likeness (QED) is 0.0204. The average molecular weight is 1350 g/mol. The van der Waals surface area contributed by atoms with Crippen molar-refractivity contribution in [3.63, 3.8) is 0 Å². The third kappa shape index (κ3) is 47.4. The normalized spacial score (nSPS) is 22.9. The summed E-state index contributed by atoms with van der Waals surface area (Å²) in [6, 6.07) is -0.956. The van der Waals surface area contributed by atoms with Gasteiger partial charge in [0, 0.05) is 6.42 Å². The molecule has 0 radical (unpaired) electrons. The number of carbonyl (C=O) groups excluding carboxylic acids is 1. The van der Waals surface area contributed by atoms with Crippen LogP contribution < -0.4 is 5.32 Å². The minimum atomic E-state index is -1.80. The van der Waals surface area contributed by atoms with Gasteiger partial charge in [-0.25, -0.2) is 0 Å². The second-order valence-electron chi connectivity index (χ2n) is 26.7. The Morgan fingerprint density at radius 2 is 0.729 bits per heavy atom. The molecule has 12 atom stereocenters. The first kappa shape index (κ1) is 88.5. The molecule has 0 aromatic heterocycles. The van der Waals surface area contributed by atoms with Gasteiger partial charge in [-0.3, -0.25) is 4.79 Å². The van der Waals surface area contributed by atoms with Gasteiger partial charge < -0.3 is 65.1 Å². The molecule has 12 unspecified atom stereocenters. The fourth-order valence-corrected chi connectivity index (χ4v) is 12.0. The Morgan fingerprint density at radius 1 is 0.385 bits per heavy atom. The zero-order chi connectivity index (χ0) is 69.4. The molecule has 0 saturated carbocycles. The SMILES string of the molecule is CC/C=C\C/C=C\C/C=C\C/C=C\C/C=C\C/C=C\C/C=C\CCCCCCCCCC(=O)NC(COC1OC(CO)C(OC2OC(CO)C(O)C(O)C2O)C(O)C1O)C(O)/C=C/CC/C=C/CC/C=C/CCCCCCCCCCCCCCCCCCCCCCCCC. The van der Waals surface area contributed by atoms with E-state index in [0.717, 1.165) is 116 Å². The van der Waals surface area contributed by atoms with E-state index in [2.05, 4.69) is 129 Å². The average Bonchev–Trinajstić information content (AvgIpc) is 0.854. The highest BCUT2D eigenvalue weighted by atomic mass is 16.7. The van der Waals surface area contributed by atoms with Gasteiger partial charge in [0.2, 0.25) is 5.91 Å². The lowest BCUT2D eigenvalue weighted by Crippen LogP contribution is -2.65. The van der Waals surface area contributed by atoms with Gasteiger partial charge in [0.25, 0.3) is 0 Å². The first-order chi connectivity index (χ1) is 47.1. The Labute approximate surface area is 584 Å². The molecular formula is C82H141NO13. The molecule has 0 aliphatic carbocycles. The van der Waals surface area contributed by atoms with Crippen molar-refractivity contribution in [1.82, 2.24) is 5.32 Å². The molecule has 0 bridgehead atoms. The van der Waals surface area contributed by atoms with Crippen molar-refractivity contribution in [2.45, 2.75) is 370 Å². The van der Waals surface area contributed by atoms with Crippen molar-refractivity contribution in [3.05, 3.63) is 122 Å². The molecule has 2 saturated heterocycles. The fraction of sp³-hybridized carbons (Fsp3) is 0.744. The number of nitrogens with one attached hydrogen (secondary N) is 1. The van der Waals surface area contributed by atoms with E-state index in [1.807, 2.05) is 6.08 Å². The van der Waals surface area contributed by atoms with E-state index in [1.165, 1.54) is 148 Å². The number of aliphatic hydroxyl groups is 8. The first-order valence-electron chi connectivity index (χ1n) is 38.8. The number of hydrogen-bond donors (Lipinski definition) is 9. The highest BCUT2D eigenvalue weighted by Gasteiger charge is 2.51. The van der Waals surface area contributed by atoms with E-state index >= 15 is 0 Å². The highest BCUT2D eigenvalue weighted by molar-refractivity contribution is 5.76. The Balaban J connectivity index is 1.68. The summed E-state index contributed by atoms with van der Waals surface area (Å²) in [4.78, 5) is 13.4. The maximum Gasteiger partial charge on any atom is 0.220 e. The van der Waals surface area contributed by atoms with E-state index < -0.39 is 86.8 Å². The van der Waals surface area contributed by atoms with Crippen molar-refractivity contribution >= 4 is 5.91 Å². The Hall–Kier alpha value is -3.61. The van der Waals surface area contributed by atoms with Crippen LogP contribution in [0.3, 0.4) is 0 Å². The maximum atomic E-state index is 13.4. The second kappa shape index (κ2) is 64.7. The first-order valence-corrected chi connectivity index (χ1v) is 38.8. The molecule has 2 heterocycles. The summed E-state index contributed by atoms with van der Waals surface area (Å²) in [5.41, 5.74) is 0. The third-order valence-corrected chi connectivity index (χ3v) is 18.1. The summed E-state index contributed by atoms with van der Waals surface area (Å²) >= 11 is 0. The number of carbonyl (C=O) groups is 1. The van der Waals surface area contributed by atoms with Gasteiger partial charge >= 0.3 is 0 Å². The summed E-state index contributed by atoms with van der Waals surface area (Å²) in [6.45, 7) is 2.68. The molecule has 552 valence electrons. The predicted octanol–water partition coefficient (Wildman–Crippen LogP) is 17.2. The molecule has 14 heteroatoms. The summed E-state index contributed by atoms with van der Waals surface area (Å²) < 4.78 is 22.9. The lowest BCUT2D eigenvalue weighted by Gasteiger charge is -2.46. The topological polar surface area (TPSA) is 228 Å². The molecule has 2 aliphatic rings. The second-order valence-corrected chi connectivity index (χ2v) is 26.7. The number of unbranched alkanes of at least 4 members (excludes halogenated alkanes) is 32. The van der Waals surface area contributed by atoms with Gasteiger partial charge in [0.1, 0.15) is 48.8 Å². The van der Waals surface area contributed by atoms with Crippen LogP contribution in [0, 0.1) is 0 Å². The van der Waals surface area contributed by atoms with Crippen molar-refractivity contribution in [1.29, 1.82) is 0 Å². The molecule has 14 nitrogen and oxygen atoms in total. The van der Waals surface area contributed by atoms with E-state index in [0.29, 0.717) is 12.8 Å². The molecule has 0 aromatic carbocycles. The highest BCUT2D eigenvalue weighted by Crippen LogP contribution is 2.30. The van der Waals surface area contributed by atoms with Crippen molar-refractivity contribution in [3.8, 4) is 0 Å². The predicted molar refractivity (Wildman–Crippen MR) is 396 cm³/mol. The van der Waals surface area contributed by atoms with Gasteiger partial charge in [-0.1, -0.05) is 309 Å². The number of aliphatic hydroxyl groups excluding tert-OH is 8. The zero-order valence-corrected chi connectivity index (χ0v) is 60.3. The number of hydrogen-bond acceptors (Lipinski definition) is 13. The van der Waals surface area contributed by atoms with Crippen LogP contribution in [0.4, 0.5) is 0 Å². The van der Waals surface area contributed by atoms with Crippen LogP contribution >= 0.6 is 0 Å². The summed E-state index contributed by atoms with van der Waals surface area (Å²) in [5, 5.41) is 87.6. The Morgan fingerprint density at radius 3 is 1.15 bits per heavy atom. The van der Waals surface area contributed by atoms with Crippen LogP contribution in [-0.2, 0) is 23.7 Å².